The highest BCUT2D eigenvalue weighted by atomic mass is 16.5. The van der Waals surface area contributed by atoms with Crippen LogP contribution in [0.2, 0.25) is 0 Å². The highest BCUT2D eigenvalue weighted by Gasteiger charge is 2.26. The zero-order valence-corrected chi connectivity index (χ0v) is 17.0. The third-order valence-corrected chi connectivity index (χ3v) is 4.07. The molecule has 0 bridgehead atoms. The van der Waals surface area contributed by atoms with E-state index >= 15 is 0 Å². The average molecular weight is 400 g/mol. The Morgan fingerprint density at radius 1 is 1.21 bits per heavy atom. The summed E-state index contributed by atoms with van der Waals surface area (Å²) in [5.41, 5.74) is 0.182. The minimum Gasteiger partial charge on any atom is -0.490 e. The summed E-state index contributed by atoms with van der Waals surface area (Å²) in [6, 6.07) is 6.68. The number of aryl methyl sites for hydroxylation is 1. The van der Waals surface area contributed by atoms with Crippen LogP contribution in [0.5, 0.6) is 11.5 Å². The quantitative estimate of drug-likeness (QED) is 0.499. The van der Waals surface area contributed by atoms with E-state index in [-0.39, 0.29) is 28.3 Å². The van der Waals surface area contributed by atoms with Gasteiger partial charge in [-0.05, 0) is 38.5 Å². The fourth-order valence-corrected chi connectivity index (χ4v) is 2.63. The van der Waals surface area contributed by atoms with Crippen molar-refractivity contribution in [3.8, 4) is 17.6 Å². The molecule has 0 fully saturated rings. The second-order valence-corrected chi connectivity index (χ2v) is 6.09. The summed E-state index contributed by atoms with van der Waals surface area (Å²) in [4.78, 5) is 24.5. The van der Waals surface area contributed by atoms with Gasteiger partial charge in [0.25, 0.3) is 5.91 Å². The number of carbonyl (C=O) groups is 2. The molecular weight excluding hydrogens is 376 g/mol. The van der Waals surface area contributed by atoms with Crippen LogP contribution in [0.25, 0.3) is 0 Å². The number of rotatable bonds is 9. The number of furan rings is 1. The molecule has 0 aliphatic heterocycles. The van der Waals surface area contributed by atoms with E-state index < -0.39 is 11.9 Å². The van der Waals surface area contributed by atoms with Crippen molar-refractivity contribution in [2.45, 2.75) is 33.6 Å². The number of hydrogen-bond acceptors (Lipinski definition) is 7. The lowest BCUT2D eigenvalue weighted by Crippen LogP contribution is -2.13. The topological polar surface area (TPSA) is 111 Å². The second-order valence-electron chi connectivity index (χ2n) is 6.09. The van der Waals surface area contributed by atoms with Crippen molar-refractivity contribution < 1.29 is 28.2 Å². The van der Waals surface area contributed by atoms with Crippen molar-refractivity contribution in [2.75, 3.05) is 25.6 Å². The Morgan fingerprint density at radius 3 is 2.59 bits per heavy atom. The first kappa shape index (κ1) is 21.8. The largest absolute Gasteiger partial charge is 0.490 e. The number of nitrogens with one attached hydrogen (secondary N) is 1. The molecule has 8 nitrogen and oxygen atoms in total. The van der Waals surface area contributed by atoms with Gasteiger partial charge in [0.2, 0.25) is 5.88 Å². The zero-order chi connectivity index (χ0) is 21.4. The van der Waals surface area contributed by atoms with E-state index in [1.807, 2.05) is 13.0 Å². The van der Waals surface area contributed by atoms with Crippen LogP contribution in [0.4, 0.5) is 5.88 Å². The van der Waals surface area contributed by atoms with Crippen molar-refractivity contribution in [1.29, 1.82) is 5.26 Å². The van der Waals surface area contributed by atoms with Crippen LogP contribution in [0.1, 0.15) is 58.7 Å². The molecule has 1 aromatic heterocycles. The van der Waals surface area contributed by atoms with E-state index in [4.69, 9.17) is 13.9 Å². The normalized spacial score (nSPS) is 10.2. The Labute approximate surface area is 169 Å². The molecule has 1 aromatic carbocycles. The third-order valence-electron chi connectivity index (χ3n) is 4.07. The van der Waals surface area contributed by atoms with Gasteiger partial charge in [0.15, 0.2) is 11.5 Å². The molecule has 29 heavy (non-hydrogen) atoms. The van der Waals surface area contributed by atoms with Crippen LogP contribution in [0.3, 0.4) is 0 Å². The molecule has 0 aliphatic carbocycles. The minimum atomic E-state index is -0.712. The summed E-state index contributed by atoms with van der Waals surface area (Å²) in [5, 5.41) is 11.9. The summed E-state index contributed by atoms with van der Waals surface area (Å²) < 4.78 is 21.4. The average Bonchev–Trinajstić information content (AvgIpc) is 3.03. The van der Waals surface area contributed by atoms with Gasteiger partial charge in [-0.1, -0.05) is 13.3 Å². The molecular formula is C21H24N2O6. The number of ether oxygens (including phenoxy) is 3. The number of nitriles is 1. The number of anilines is 1. The molecule has 154 valence electrons. The number of hydrogen-bond donors (Lipinski definition) is 1. The summed E-state index contributed by atoms with van der Waals surface area (Å²) in [5.74, 6) is -0.169. The maximum Gasteiger partial charge on any atom is 0.342 e. The first-order valence-electron chi connectivity index (χ1n) is 9.29. The van der Waals surface area contributed by atoms with Crippen molar-refractivity contribution >= 4 is 17.8 Å². The third kappa shape index (κ3) is 5.08. The molecule has 0 atom stereocenters. The molecule has 1 N–H and O–H groups in total. The predicted octanol–water partition coefficient (Wildman–Crippen LogP) is 4.08. The molecule has 0 unspecified atom stereocenters. The summed E-state index contributed by atoms with van der Waals surface area (Å²) in [6.45, 7) is 6.38. The fraction of sp³-hybridized carbons (Fsp3) is 0.381. The van der Waals surface area contributed by atoms with Gasteiger partial charge in [-0.2, -0.15) is 5.26 Å². The molecule has 0 radical (unpaired) electrons. The van der Waals surface area contributed by atoms with E-state index in [9.17, 15) is 14.9 Å². The van der Waals surface area contributed by atoms with Gasteiger partial charge >= 0.3 is 5.97 Å². The number of carbonyl (C=O) groups excluding carboxylic acids is 2. The zero-order valence-electron chi connectivity index (χ0n) is 17.0. The van der Waals surface area contributed by atoms with Gasteiger partial charge in [-0.15, -0.1) is 0 Å². The Morgan fingerprint density at radius 2 is 1.97 bits per heavy atom. The van der Waals surface area contributed by atoms with Crippen LogP contribution < -0.4 is 14.8 Å². The fourth-order valence-electron chi connectivity index (χ4n) is 2.63. The van der Waals surface area contributed by atoms with Gasteiger partial charge in [0, 0.05) is 5.56 Å². The molecule has 0 spiro atoms. The number of methoxy groups -OCH3 is 1. The number of nitrogens with zero attached hydrogens (tertiary/aromatic N) is 1. The molecule has 2 rings (SSSR count). The highest BCUT2D eigenvalue weighted by molar-refractivity contribution is 6.06. The maximum atomic E-state index is 12.7. The minimum absolute atomic E-state index is 0.0139. The molecule has 2 aromatic rings. The molecule has 0 saturated carbocycles. The van der Waals surface area contributed by atoms with Crippen molar-refractivity contribution in [1.82, 2.24) is 0 Å². The second kappa shape index (κ2) is 10.2. The SMILES string of the molecule is CCCCOc1ccc(C(=O)Nc2oc(C)c(C(=O)OC)c2C#N)cc1OCC. The Hall–Kier alpha value is -3.47. The highest BCUT2D eigenvalue weighted by Crippen LogP contribution is 2.31. The molecule has 8 heteroatoms. The van der Waals surface area contributed by atoms with Crippen molar-refractivity contribution in [3.63, 3.8) is 0 Å². The molecule has 0 saturated heterocycles. The summed E-state index contributed by atoms with van der Waals surface area (Å²) >= 11 is 0. The lowest BCUT2D eigenvalue weighted by molar-refractivity contribution is 0.0598. The number of unbranched alkanes of at least 4 members (excludes halogenated alkanes) is 1. The van der Waals surface area contributed by atoms with Gasteiger partial charge in [0.05, 0.1) is 20.3 Å². The lowest BCUT2D eigenvalue weighted by Gasteiger charge is -2.13. The number of benzene rings is 1. The van der Waals surface area contributed by atoms with E-state index in [2.05, 4.69) is 17.0 Å². The van der Waals surface area contributed by atoms with Crippen LogP contribution >= 0.6 is 0 Å². The van der Waals surface area contributed by atoms with Crippen LogP contribution in [0, 0.1) is 18.3 Å². The Balaban J connectivity index is 2.28. The van der Waals surface area contributed by atoms with E-state index in [0.717, 1.165) is 12.8 Å². The van der Waals surface area contributed by atoms with Gasteiger partial charge in [-0.25, -0.2) is 4.79 Å². The summed E-state index contributed by atoms with van der Waals surface area (Å²) in [6.07, 6.45) is 1.91. The van der Waals surface area contributed by atoms with E-state index in [0.29, 0.717) is 24.7 Å². The van der Waals surface area contributed by atoms with Gasteiger partial charge in [0.1, 0.15) is 23.0 Å². The Bertz CT molecular complexity index is 926. The first-order chi connectivity index (χ1) is 14.0. The van der Waals surface area contributed by atoms with Crippen molar-refractivity contribution in [2.24, 2.45) is 0 Å². The van der Waals surface area contributed by atoms with Crippen LogP contribution in [0.15, 0.2) is 22.6 Å². The molecule has 0 aliphatic rings. The molecule has 1 amide bonds. The smallest absolute Gasteiger partial charge is 0.342 e. The number of esters is 1. The van der Waals surface area contributed by atoms with Crippen molar-refractivity contribution in [3.05, 3.63) is 40.6 Å². The predicted molar refractivity (Wildman–Crippen MR) is 105 cm³/mol. The van der Waals surface area contributed by atoms with Gasteiger partial charge in [-0.3, -0.25) is 10.1 Å². The van der Waals surface area contributed by atoms with Crippen LogP contribution in [-0.2, 0) is 4.74 Å². The monoisotopic (exact) mass is 400 g/mol. The van der Waals surface area contributed by atoms with E-state index in [1.54, 1.807) is 18.2 Å². The number of amides is 1. The molecule has 1 heterocycles. The van der Waals surface area contributed by atoms with E-state index in [1.165, 1.54) is 14.0 Å². The maximum absolute atomic E-state index is 12.7. The standard InChI is InChI=1S/C21H24N2O6/c1-5-7-10-28-16-9-8-14(11-17(16)27-6-2)19(24)23-20-15(12-22)18(13(3)29-20)21(25)26-4/h8-9,11H,5-7,10H2,1-4H3,(H,23,24). The first-order valence-corrected chi connectivity index (χ1v) is 9.29. The van der Waals surface area contributed by atoms with Crippen LogP contribution in [-0.4, -0.2) is 32.2 Å². The van der Waals surface area contributed by atoms with Gasteiger partial charge < -0.3 is 18.6 Å². The summed E-state index contributed by atoms with van der Waals surface area (Å²) in [7, 11) is 1.20. The Kier molecular flexibility index (Phi) is 7.66. The lowest BCUT2D eigenvalue weighted by atomic mass is 10.1.